The summed E-state index contributed by atoms with van der Waals surface area (Å²) in [5, 5.41) is -0.422. The van der Waals surface area contributed by atoms with E-state index in [0.717, 1.165) is 0 Å². The predicted molar refractivity (Wildman–Crippen MR) is 98.4 cm³/mol. The highest BCUT2D eigenvalue weighted by molar-refractivity contribution is 7.97. The highest BCUT2D eigenvalue weighted by Gasteiger charge is 2.49. The minimum Gasteiger partial charge on any atom is -0.305 e. The van der Waals surface area contributed by atoms with Gasteiger partial charge in [-0.25, -0.2) is 18.4 Å². The van der Waals surface area contributed by atoms with Gasteiger partial charge in [0.2, 0.25) is 15.0 Å². The lowest BCUT2D eigenvalue weighted by molar-refractivity contribution is 0.140. The second-order valence-electron chi connectivity index (χ2n) is 6.19. The second-order valence-corrected chi connectivity index (χ2v) is 10.5. The Labute approximate surface area is 154 Å². The van der Waals surface area contributed by atoms with E-state index in [4.69, 9.17) is 9.05 Å². The van der Waals surface area contributed by atoms with E-state index in [1.54, 1.807) is 58.0 Å². The Morgan fingerprint density at radius 3 is 1.85 bits per heavy atom. The van der Waals surface area contributed by atoms with Gasteiger partial charge >= 0.3 is 7.60 Å². The van der Waals surface area contributed by atoms with Gasteiger partial charge in [0, 0.05) is 12.4 Å². The maximum Gasteiger partial charge on any atom is 0.354 e. The molecule has 0 aliphatic heterocycles. The third-order valence-electron chi connectivity index (χ3n) is 3.18. The van der Waals surface area contributed by atoms with Gasteiger partial charge in [-0.3, -0.25) is 4.57 Å². The van der Waals surface area contributed by atoms with Crippen molar-refractivity contribution in [2.45, 2.75) is 50.1 Å². The summed E-state index contributed by atoms with van der Waals surface area (Å²) < 4.78 is 51.4. The highest BCUT2D eigenvalue weighted by Crippen LogP contribution is 2.65. The lowest BCUT2D eigenvalue weighted by atomic mass is 10.2. The van der Waals surface area contributed by atoms with Gasteiger partial charge in [-0.15, -0.1) is 0 Å². The van der Waals surface area contributed by atoms with Crippen LogP contribution in [0.3, 0.4) is 0 Å². The Bertz CT molecular complexity index is 843. The Balaban J connectivity index is 2.70. The molecule has 1 aromatic heterocycles. The van der Waals surface area contributed by atoms with E-state index in [1.165, 1.54) is 18.5 Å². The van der Waals surface area contributed by atoms with Crippen LogP contribution >= 0.6 is 7.60 Å². The van der Waals surface area contributed by atoms with Crippen LogP contribution in [0.1, 0.15) is 38.2 Å². The molecule has 1 aromatic carbocycles. The fourth-order valence-corrected chi connectivity index (χ4v) is 7.46. The van der Waals surface area contributed by atoms with Crippen LogP contribution in [-0.4, -0.2) is 30.6 Å². The minimum atomic E-state index is -4.24. The quantitative estimate of drug-likeness (QED) is 0.490. The first-order chi connectivity index (χ1) is 12.2. The van der Waals surface area contributed by atoms with Crippen LogP contribution in [-0.2, 0) is 23.4 Å². The maximum atomic E-state index is 13.7. The summed E-state index contributed by atoms with van der Waals surface area (Å²) >= 11 is 0. The number of rotatable bonds is 8. The van der Waals surface area contributed by atoms with E-state index in [2.05, 4.69) is 9.97 Å². The zero-order valence-electron chi connectivity index (χ0n) is 15.1. The molecule has 0 N–H and O–H groups in total. The Morgan fingerprint density at radius 2 is 1.38 bits per heavy atom. The Hall–Kier alpha value is -1.60. The minimum absolute atomic E-state index is 0.296. The molecule has 0 fully saturated rings. The first-order valence-corrected chi connectivity index (χ1v) is 11.3. The van der Waals surface area contributed by atoms with Crippen LogP contribution in [0.15, 0.2) is 53.9 Å². The van der Waals surface area contributed by atoms with Gasteiger partial charge in [0.25, 0.3) is 0 Å². The fourth-order valence-electron chi connectivity index (χ4n) is 2.40. The molecular weight excluding hydrogens is 375 g/mol. The van der Waals surface area contributed by atoms with Gasteiger partial charge in [0.1, 0.15) is 0 Å². The second kappa shape index (κ2) is 8.39. The molecule has 1 atom stereocenters. The molecule has 2 aromatic rings. The summed E-state index contributed by atoms with van der Waals surface area (Å²) in [5.74, 6) is 0. The SMILES string of the molecule is CC(C)OP(=O)(OC(C)C)C(c1ccccc1)S(=O)(=O)c1ncccn1. The van der Waals surface area contributed by atoms with Crippen molar-refractivity contribution >= 4 is 17.4 Å². The molecule has 0 aliphatic rings. The van der Waals surface area contributed by atoms with Crippen molar-refractivity contribution in [2.24, 2.45) is 0 Å². The molecule has 0 saturated heterocycles. The normalized spacial score (nSPS) is 13.9. The van der Waals surface area contributed by atoms with Gasteiger partial charge in [0.05, 0.1) is 12.2 Å². The van der Waals surface area contributed by atoms with E-state index in [0.29, 0.717) is 5.56 Å². The molecule has 2 rings (SSSR count). The van der Waals surface area contributed by atoms with Crippen molar-refractivity contribution in [1.29, 1.82) is 0 Å². The fraction of sp³-hybridized carbons (Fsp3) is 0.412. The van der Waals surface area contributed by atoms with E-state index < -0.39 is 39.8 Å². The molecule has 0 aliphatic carbocycles. The molecule has 0 spiro atoms. The number of hydrogen-bond acceptors (Lipinski definition) is 7. The number of nitrogens with zero attached hydrogens (tertiary/aromatic N) is 2. The largest absolute Gasteiger partial charge is 0.354 e. The van der Waals surface area contributed by atoms with Crippen molar-refractivity contribution < 1.29 is 22.0 Å². The maximum absolute atomic E-state index is 13.7. The molecule has 9 heteroatoms. The third-order valence-corrected chi connectivity index (χ3v) is 8.67. The van der Waals surface area contributed by atoms with Crippen LogP contribution < -0.4 is 0 Å². The van der Waals surface area contributed by atoms with Gasteiger partial charge < -0.3 is 9.05 Å². The van der Waals surface area contributed by atoms with Crippen LogP contribution in [0.25, 0.3) is 0 Å². The highest BCUT2D eigenvalue weighted by atomic mass is 32.2. The predicted octanol–water partition coefficient (Wildman–Crippen LogP) is 3.99. The van der Waals surface area contributed by atoms with Gasteiger partial charge in [-0.1, -0.05) is 30.3 Å². The lowest BCUT2D eigenvalue weighted by Gasteiger charge is -2.29. The van der Waals surface area contributed by atoms with Crippen molar-refractivity contribution in [3.05, 3.63) is 54.4 Å². The Morgan fingerprint density at radius 1 is 0.885 bits per heavy atom. The first-order valence-electron chi connectivity index (χ1n) is 8.19. The lowest BCUT2D eigenvalue weighted by Crippen LogP contribution is -2.22. The number of aromatic nitrogens is 2. The van der Waals surface area contributed by atoms with E-state index in [9.17, 15) is 13.0 Å². The topological polar surface area (TPSA) is 95.5 Å². The molecule has 0 amide bonds. The third kappa shape index (κ3) is 4.76. The Kier molecular flexibility index (Phi) is 6.69. The van der Waals surface area contributed by atoms with E-state index >= 15 is 0 Å². The van der Waals surface area contributed by atoms with Crippen molar-refractivity contribution in [2.75, 3.05) is 0 Å². The monoisotopic (exact) mass is 398 g/mol. The number of sulfone groups is 1. The van der Waals surface area contributed by atoms with Crippen molar-refractivity contribution in [3.8, 4) is 0 Å². The average Bonchev–Trinajstić information content (AvgIpc) is 2.54. The summed E-state index contributed by atoms with van der Waals surface area (Å²) in [6, 6.07) is 9.73. The molecular formula is C17H23N2O5PS. The number of benzene rings is 1. The van der Waals surface area contributed by atoms with Crippen LogP contribution in [0.4, 0.5) is 0 Å². The molecule has 7 nitrogen and oxygen atoms in total. The van der Waals surface area contributed by atoms with Crippen molar-refractivity contribution in [1.82, 2.24) is 9.97 Å². The van der Waals surface area contributed by atoms with E-state index in [1.807, 2.05) is 0 Å². The van der Waals surface area contributed by atoms with Gasteiger partial charge in [-0.2, -0.15) is 0 Å². The number of hydrogen-bond donors (Lipinski definition) is 0. The zero-order chi connectivity index (χ0) is 19.4. The molecule has 26 heavy (non-hydrogen) atoms. The van der Waals surface area contributed by atoms with Crippen LogP contribution in [0.5, 0.6) is 0 Å². The summed E-state index contributed by atoms with van der Waals surface area (Å²) in [6.45, 7) is 6.68. The van der Waals surface area contributed by atoms with E-state index in [-0.39, 0.29) is 0 Å². The molecule has 0 bridgehead atoms. The van der Waals surface area contributed by atoms with Crippen molar-refractivity contribution in [3.63, 3.8) is 0 Å². The van der Waals surface area contributed by atoms with Gasteiger partial charge in [-0.05, 0) is 39.3 Å². The molecule has 1 unspecified atom stereocenters. The summed E-state index contributed by atoms with van der Waals surface area (Å²) in [7, 11) is -8.36. The van der Waals surface area contributed by atoms with Gasteiger partial charge in [0.15, 0.2) is 4.99 Å². The zero-order valence-corrected chi connectivity index (χ0v) is 16.9. The van der Waals surface area contributed by atoms with Crippen LogP contribution in [0, 0.1) is 0 Å². The standard InChI is InChI=1S/C17H23N2O5PS/c1-13(2)23-25(20,24-14(3)4)16(15-9-6-5-7-10-15)26(21,22)17-18-11-8-12-19-17/h5-14,16H,1-4H3. The molecule has 0 saturated carbocycles. The molecule has 1 heterocycles. The summed E-state index contributed by atoms with van der Waals surface area (Å²) in [6.07, 6.45) is 1.63. The summed E-state index contributed by atoms with van der Waals surface area (Å²) in [4.78, 5) is 6.11. The average molecular weight is 398 g/mol. The van der Waals surface area contributed by atoms with Crippen LogP contribution in [0.2, 0.25) is 0 Å². The smallest absolute Gasteiger partial charge is 0.305 e. The molecule has 142 valence electrons. The molecule has 0 radical (unpaired) electrons. The summed E-state index contributed by atoms with van der Waals surface area (Å²) in [5.41, 5.74) is 0.296. The first kappa shape index (κ1) is 20.7.